The Morgan fingerprint density at radius 1 is 1.22 bits per heavy atom. The first-order valence-electron chi connectivity index (χ1n) is 7.64. The minimum absolute atomic E-state index is 0.0867. The van der Waals surface area contributed by atoms with Crippen LogP contribution in [0.15, 0.2) is 61.3 Å². The molecular weight excluding hydrogens is 288 g/mol. The molecule has 114 valence electrons. The molecule has 2 aromatic heterocycles. The van der Waals surface area contributed by atoms with Crippen LogP contribution in [-0.4, -0.2) is 20.4 Å². The highest BCUT2D eigenvalue weighted by molar-refractivity contribution is 5.94. The number of amides is 1. The molecule has 5 nitrogen and oxygen atoms in total. The number of nitrogens with one attached hydrogen (secondary N) is 1. The van der Waals surface area contributed by atoms with E-state index in [1.165, 1.54) is 11.1 Å². The molecule has 0 unspecified atom stereocenters. The third kappa shape index (κ3) is 2.61. The van der Waals surface area contributed by atoms with E-state index in [0.717, 1.165) is 18.7 Å². The van der Waals surface area contributed by atoms with Crippen molar-refractivity contribution in [2.45, 2.75) is 18.9 Å². The molecule has 0 saturated heterocycles. The molecule has 0 fully saturated rings. The number of hydrogen-bond acceptors (Lipinski definition) is 3. The Bertz CT molecular complexity index is 824. The third-order valence-corrected chi connectivity index (χ3v) is 4.22. The lowest BCUT2D eigenvalue weighted by atomic mass is 10.1. The van der Waals surface area contributed by atoms with Gasteiger partial charge in [-0.25, -0.2) is 9.97 Å². The summed E-state index contributed by atoms with van der Waals surface area (Å²) in [6, 6.07) is 12.0. The van der Waals surface area contributed by atoms with Crippen LogP contribution >= 0.6 is 0 Å². The van der Waals surface area contributed by atoms with Crippen LogP contribution in [0.1, 0.15) is 33.9 Å². The number of rotatable bonds is 3. The van der Waals surface area contributed by atoms with Gasteiger partial charge in [0.2, 0.25) is 0 Å². The fourth-order valence-electron chi connectivity index (χ4n) is 3.02. The van der Waals surface area contributed by atoms with E-state index in [9.17, 15) is 4.79 Å². The topological polar surface area (TPSA) is 59.8 Å². The van der Waals surface area contributed by atoms with Crippen LogP contribution in [0.2, 0.25) is 0 Å². The summed E-state index contributed by atoms with van der Waals surface area (Å²) in [4.78, 5) is 20.8. The van der Waals surface area contributed by atoms with Gasteiger partial charge in [-0.15, -0.1) is 0 Å². The lowest BCUT2D eigenvalue weighted by Crippen LogP contribution is -2.27. The second kappa shape index (κ2) is 5.68. The summed E-state index contributed by atoms with van der Waals surface area (Å²) in [5, 5.41) is 3.11. The van der Waals surface area contributed by atoms with Crippen molar-refractivity contribution >= 4 is 5.91 Å². The van der Waals surface area contributed by atoms with Crippen LogP contribution in [-0.2, 0) is 6.42 Å². The average Bonchev–Trinajstić information content (AvgIpc) is 3.25. The first kappa shape index (κ1) is 13.7. The van der Waals surface area contributed by atoms with E-state index in [1.807, 2.05) is 24.4 Å². The number of carbonyl (C=O) groups is 1. The summed E-state index contributed by atoms with van der Waals surface area (Å²) >= 11 is 0. The molecule has 0 saturated carbocycles. The first-order chi connectivity index (χ1) is 11.3. The SMILES string of the molecule is O=C(N[C@@H]1CCc2ccccc21)c1ccc(-n2ccnc2)nc1. The van der Waals surface area contributed by atoms with Crippen molar-refractivity contribution in [1.29, 1.82) is 0 Å². The predicted octanol–water partition coefficient (Wildman–Crippen LogP) is 2.68. The molecular formula is C18H16N4O. The Morgan fingerprint density at radius 3 is 2.91 bits per heavy atom. The van der Waals surface area contributed by atoms with Gasteiger partial charge >= 0.3 is 0 Å². The van der Waals surface area contributed by atoms with Gasteiger partial charge in [-0.05, 0) is 36.1 Å². The van der Waals surface area contributed by atoms with Crippen molar-refractivity contribution in [2.24, 2.45) is 0 Å². The van der Waals surface area contributed by atoms with Crippen molar-refractivity contribution in [3.63, 3.8) is 0 Å². The largest absolute Gasteiger partial charge is 0.345 e. The monoisotopic (exact) mass is 304 g/mol. The predicted molar refractivity (Wildman–Crippen MR) is 86.3 cm³/mol. The Hall–Kier alpha value is -2.95. The van der Waals surface area contributed by atoms with Gasteiger partial charge in [0.1, 0.15) is 12.1 Å². The second-order valence-corrected chi connectivity index (χ2v) is 5.64. The Kier molecular flexibility index (Phi) is 3.38. The molecule has 0 radical (unpaired) electrons. The quantitative estimate of drug-likeness (QED) is 0.809. The number of nitrogens with zero attached hydrogens (tertiary/aromatic N) is 3. The zero-order chi connectivity index (χ0) is 15.6. The summed E-state index contributed by atoms with van der Waals surface area (Å²) in [6.45, 7) is 0. The van der Waals surface area contributed by atoms with E-state index < -0.39 is 0 Å². The van der Waals surface area contributed by atoms with E-state index in [1.54, 1.807) is 29.4 Å². The average molecular weight is 304 g/mol. The fourth-order valence-corrected chi connectivity index (χ4v) is 3.02. The summed E-state index contributed by atoms with van der Waals surface area (Å²) < 4.78 is 1.80. The van der Waals surface area contributed by atoms with Crippen molar-refractivity contribution in [2.75, 3.05) is 0 Å². The van der Waals surface area contributed by atoms with Crippen molar-refractivity contribution in [1.82, 2.24) is 19.9 Å². The zero-order valence-corrected chi connectivity index (χ0v) is 12.5. The molecule has 1 atom stereocenters. The lowest BCUT2D eigenvalue weighted by Gasteiger charge is -2.14. The highest BCUT2D eigenvalue weighted by atomic mass is 16.1. The van der Waals surface area contributed by atoms with Gasteiger partial charge < -0.3 is 5.32 Å². The minimum Gasteiger partial charge on any atom is -0.345 e. The Morgan fingerprint density at radius 2 is 2.13 bits per heavy atom. The number of imidazole rings is 1. The fraction of sp³-hybridized carbons (Fsp3) is 0.167. The van der Waals surface area contributed by atoms with Gasteiger partial charge in [0.15, 0.2) is 0 Å². The molecule has 1 amide bonds. The molecule has 5 heteroatoms. The number of carbonyl (C=O) groups excluding carboxylic acids is 1. The molecule has 0 aliphatic heterocycles. The number of fused-ring (bicyclic) bond motifs is 1. The van der Waals surface area contributed by atoms with Gasteiger partial charge in [-0.1, -0.05) is 24.3 Å². The number of aryl methyl sites for hydroxylation is 1. The van der Waals surface area contributed by atoms with E-state index in [0.29, 0.717) is 5.56 Å². The maximum absolute atomic E-state index is 12.4. The summed E-state index contributed by atoms with van der Waals surface area (Å²) in [7, 11) is 0. The number of aromatic nitrogens is 3. The van der Waals surface area contributed by atoms with E-state index in [-0.39, 0.29) is 11.9 Å². The Labute approximate surface area is 134 Å². The van der Waals surface area contributed by atoms with Gasteiger partial charge in [0.05, 0.1) is 11.6 Å². The van der Waals surface area contributed by atoms with Crippen molar-refractivity contribution in [3.05, 3.63) is 78.0 Å². The van der Waals surface area contributed by atoms with Gasteiger partial charge in [-0.2, -0.15) is 0 Å². The van der Waals surface area contributed by atoms with Crippen LogP contribution < -0.4 is 5.32 Å². The van der Waals surface area contributed by atoms with E-state index in [2.05, 4.69) is 27.4 Å². The number of hydrogen-bond donors (Lipinski definition) is 1. The Balaban J connectivity index is 1.50. The van der Waals surface area contributed by atoms with Crippen molar-refractivity contribution in [3.8, 4) is 5.82 Å². The highest BCUT2D eigenvalue weighted by Gasteiger charge is 2.23. The maximum Gasteiger partial charge on any atom is 0.253 e. The first-order valence-corrected chi connectivity index (χ1v) is 7.64. The molecule has 1 N–H and O–H groups in total. The molecule has 2 heterocycles. The molecule has 0 bridgehead atoms. The number of pyridine rings is 1. The molecule has 4 rings (SSSR count). The van der Waals surface area contributed by atoms with Crippen LogP contribution in [0.3, 0.4) is 0 Å². The summed E-state index contributed by atoms with van der Waals surface area (Å²) in [5.74, 6) is 0.654. The maximum atomic E-state index is 12.4. The molecule has 1 aliphatic rings. The standard InChI is InChI=1S/C18H16N4O/c23-18(21-16-7-5-13-3-1-2-4-15(13)16)14-6-8-17(20-11-14)22-10-9-19-12-22/h1-4,6,8-12,16H,5,7H2,(H,21,23)/t16-/m1/s1. The van der Waals surface area contributed by atoms with Crippen LogP contribution in [0.5, 0.6) is 0 Å². The molecule has 3 aromatic rings. The molecule has 1 aromatic carbocycles. The van der Waals surface area contributed by atoms with Gasteiger partial charge in [-0.3, -0.25) is 9.36 Å². The van der Waals surface area contributed by atoms with Crippen LogP contribution in [0.25, 0.3) is 5.82 Å². The van der Waals surface area contributed by atoms with Gasteiger partial charge in [0.25, 0.3) is 5.91 Å². The van der Waals surface area contributed by atoms with Gasteiger partial charge in [0, 0.05) is 18.6 Å². The third-order valence-electron chi connectivity index (χ3n) is 4.22. The lowest BCUT2D eigenvalue weighted by molar-refractivity contribution is 0.0936. The minimum atomic E-state index is -0.0867. The van der Waals surface area contributed by atoms with E-state index >= 15 is 0 Å². The van der Waals surface area contributed by atoms with E-state index in [4.69, 9.17) is 0 Å². The second-order valence-electron chi connectivity index (χ2n) is 5.64. The summed E-state index contributed by atoms with van der Waals surface area (Å²) in [5.41, 5.74) is 3.12. The molecule has 1 aliphatic carbocycles. The van der Waals surface area contributed by atoms with Crippen LogP contribution in [0.4, 0.5) is 0 Å². The zero-order valence-electron chi connectivity index (χ0n) is 12.5. The normalized spacial score (nSPS) is 16.1. The summed E-state index contributed by atoms with van der Waals surface area (Å²) in [6.07, 6.45) is 8.75. The molecule has 23 heavy (non-hydrogen) atoms. The van der Waals surface area contributed by atoms with Crippen molar-refractivity contribution < 1.29 is 4.79 Å². The smallest absolute Gasteiger partial charge is 0.253 e. The number of benzene rings is 1. The molecule has 0 spiro atoms. The van der Waals surface area contributed by atoms with Crippen LogP contribution in [0, 0.1) is 0 Å². The highest BCUT2D eigenvalue weighted by Crippen LogP contribution is 2.30.